The minimum Gasteiger partial charge on any atom is -0.356 e. The molecule has 8 heteroatoms. The zero-order valence-corrected chi connectivity index (χ0v) is 16.7. The number of fused-ring (bicyclic) bond motifs is 1. The molecule has 4 rings (SSSR count). The van der Waals surface area contributed by atoms with Crippen LogP contribution in [-0.2, 0) is 13.6 Å². The molecule has 1 aliphatic rings. The molecule has 1 fully saturated rings. The maximum Gasteiger partial charge on any atom is 0.330 e. The Labute approximate surface area is 162 Å². The number of nitrogens with zero attached hydrogens (tertiary/aromatic N) is 6. The molecule has 0 unspecified atom stereocenters. The highest BCUT2D eigenvalue weighted by atomic mass is 32.2. The van der Waals surface area contributed by atoms with Crippen molar-refractivity contribution in [2.24, 2.45) is 13.0 Å². The number of aryl methyl sites for hydroxylation is 2. The van der Waals surface area contributed by atoms with Gasteiger partial charge in [0.25, 0.3) is 0 Å². The summed E-state index contributed by atoms with van der Waals surface area (Å²) in [5.41, 5.74) is 2.69. The Morgan fingerprint density at radius 3 is 2.78 bits per heavy atom. The number of piperidine rings is 1. The number of anilines is 1. The summed E-state index contributed by atoms with van der Waals surface area (Å²) >= 11 is 1.57. The van der Waals surface area contributed by atoms with Gasteiger partial charge in [-0.15, -0.1) is 0 Å². The van der Waals surface area contributed by atoms with E-state index in [-0.39, 0.29) is 5.69 Å². The molecular formula is C19H24N6OS. The lowest BCUT2D eigenvalue weighted by Gasteiger charge is -2.33. The van der Waals surface area contributed by atoms with Crippen LogP contribution in [-0.4, -0.2) is 43.4 Å². The second-order valence-electron chi connectivity index (χ2n) is 7.08. The van der Waals surface area contributed by atoms with Crippen LogP contribution in [0.1, 0.15) is 18.5 Å². The molecule has 0 bridgehead atoms. The van der Waals surface area contributed by atoms with Crippen molar-refractivity contribution in [1.29, 1.82) is 0 Å². The summed E-state index contributed by atoms with van der Waals surface area (Å²) in [5, 5.41) is 0.820. The average Bonchev–Trinajstić information content (AvgIpc) is 2.93. The molecule has 3 aromatic heterocycles. The second-order valence-corrected chi connectivity index (χ2v) is 7.86. The van der Waals surface area contributed by atoms with E-state index in [1.165, 1.54) is 0 Å². The number of thioether (sulfide) groups is 1. The molecule has 0 spiro atoms. The summed E-state index contributed by atoms with van der Waals surface area (Å²) in [7, 11) is 1.81. The summed E-state index contributed by atoms with van der Waals surface area (Å²) in [5.74, 6) is 1.48. The highest BCUT2D eigenvalue weighted by Gasteiger charge is 2.23. The van der Waals surface area contributed by atoms with Crippen LogP contribution in [0.25, 0.3) is 11.2 Å². The Morgan fingerprint density at radius 2 is 2.04 bits per heavy atom. The summed E-state index contributed by atoms with van der Waals surface area (Å²) in [6, 6.07) is 5.87. The first-order valence-corrected chi connectivity index (χ1v) is 10.4. The number of hydrogen-bond acceptors (Lipinski definition) is 6. The molecule has 0 radical (unpaired) electrons. The van der Waals surface area contributed by atoms with Crippen molar-refractivity contribution >= 4 is 28.7 Å². The van der Waals surface area contributed by atoms with Crippen LogP contribution in [0.15, 0.2) is 34.3 Å². The van der Waals surface area contributed by atoms with Crippen molar-refractivity contribution in [3.05, 3.63) is 40.6 Å². The summed E-state index contributed by atoms with van der Waals surface area (Å²) in [6.45, 7) is 4.63. The van der Waals surface area contributed by atoms with Gasteiger partial charge in [-0.3, -0.25) is 9.13 Å². The minimum absolute atomic E-state index is 0.0159. The molecule has 1 aliphatic heterocycles. The number of pyridine rings is 1. The normalized spacial score (nSPS) is 15.6. The topological polar surface area (TPSA) is 68.8 Å². The van der Waals surface area contributed by atoms with Gasteiger partial charge in [-0.25, -0.2) is 19.7 Å². The van der Waals surface area contributed by atoms with E-state index in [1.54, 1.807) is 22.5 Å². The third-order valence-electron chi connectivity index (χ3n) is 5.28. The van der Waals surface area contributed by atoms with Gasteiger partial charge < -0.3 is 4.90 Å². The van der Waals surface area contributed by atoms with Crippen LogP contribution in [0.5, 0.6) is 0 Å². The highest BCUT2D eigenvalue weighted by molar-refractivity contribution is 7.98. The fraction of sp³-hybridized carbons (Fsp3) is 0.474. The van der Waals surface area contributed by atoms with Crippen molar-refractivity contribution in [1.82, 2.24) is 24.1 Å². The quantitative estimate of drug-likeness (QED) is 0.508. The first-order chi connectivity index (χ1) is 13.1. The van der Waals surface area contributed by atoms with Crippen molar-refractivity contribution < 1.29 is 0 Å². The first-order valence-electron chi connectivity index (χ1n) is 9.21. The number of hydrogen-bond donors (Lipinski definition) is 0. The molecule has 0 saturated carbocycles. The van der Waals surface area contributed by atoms with Gasteiger partial charge in [-0.2, -0.15) is 0 Å². The van der Waals surface area contributed by atoms with E-state index in [9.17, 15) is 4.79 Å². The van der Waals surface area contributed by atoms with E-state index in [0.29, 0.717) is 5.92 Å². The van der Waals surface area contributed by atoms with Crippen molar-refractivity contribution in [2.45, 2.75) is 31.5 Å². The molecule has 3 aromatic rings. The summed E-state index contributed by atoms with van der Waals surface area (Å²) < 4.78 is 3.52. The number of imidazole rings is 1. The van der Waals surface area contributed by atoms with E-state index < -0.39 is 0 Å². The van der Waals surface area contributed by atoms with E-state index in [0.717, 1.165) is 60.3 Å². The van der Waals surface area contributed by atoms with Crippen LogP contribution in [0.2, 0.25) is 0 Å². The van der Waals surface area contributed by atoms with Crippen LogP contribution in [0.3, 0.4) is 0 Å². The minimum atomic E-state index is 0.0159. The van der Waals surface area contributed by atoms with Gasteiger partial charge in [0, 0.05) is 44.6 Å². The average molecular weight is 385 g/mol. The molecule has 0 aliphatic carbocycles. The molecule has 0 atom stereocenters. The Kier molecular flexibility index (Phi) is 4.90. The van der Waals surface area contributed by atoms with Gasteiger partial charge in [0.1, 0.15) is 5.82 Å². The van der Waals surface area contributed by atoms with Gasteiger partial charge >= 0.3 is 5.69 Å². The van der Waals surface area contributed by atoms with E-state index >= 15 is 0 Å². The molecule has 27 heavy (non-hydrogen) atoms. The summed E-state index contributed by atoms with van der Waals surface area (Å²) in [6.07, 6.45) is 5.82. The van der Waals surface area contributed by atoms with Crippen LogP contribution >= 0.6 is 11.8 Å². The van der Waals surface area contributed by atoms with Crippen molar-refractivity contribution in [3.8, 4) is 0 Å². The van der Waals surface area contributed by atoms with Gasteiger partial charge in [-0.05, 0) is 44.1 Å². The van der Waals surface area contributed by atoms with E-state index in [2.05, 4.69) is 25.9 Å². The van der Waals surface area contributed by atoms with Crippen molar-refractivity contribution in [3.63, 3.8) is 0 Å². The van der Waals surface area contributed by atoms with Gasteiger partial charge in [-0.1, -0.05) is 11.8 Å². The lowest BCUT2D eigenvalue weighted by molar-refractivity contribution is 0.354. The molecule has 0 amide bonds. The zero-order valence-electron chi connectivity index (χ0n) is 15.9. The van der Waals surface area contributed by atoms with Crippen molar-refractivity contribution in [2.75, 3.05) is 24.2 Å². The Bertz CT molecular complexity index is 1020. The first kappa shape index (κ1) is 18.0. The molecule has 0 aromatic carbocycles. The van der Waals surface area contributed by atoms with E-state index in [4.69, 9.17) is 0 Å². The Hall–Kier alpha value is -2.35. The number of aromatic nitrogens is 5. The van der Waals surface area contributed by atoms with E-state index in [1.807, 2.05) is 36.9 Å². The lowest BCUT2D eigenvalue weighted by atomic mass is 9.96. The summed E-state index contributed by atoms with van der Waals surface area (Å²) in [4.78, 5) is 28.5. The smallest absolute Gasteiger partial charge is 0.330 e. The fourth-order valence-electron chi connectivity index (χ4n) is 3.78. The second kappa shape index (κ2) is 7.34. The molecule has 1 saturated heterocycles. The molecule has 0 N–H and O–H groups in total. The number of rotatable bonds is 4. The largest absolute Gasteiger partial charge is 0.356 e. The Morgan fingerprint density at radius 1 is 1.26 bits per heavy atom. The predicted molar refractivity (Wildman–Crippen MR) is 108 cm³/mol. The molecule has 7 nitrogen and oxygen atoms in total. The lowest BCUT2D eigenvalue weighted by Crippen LogP contribution is -2.37. The Balaban J connectivity index is 1.49. The highest BCUT2D eigenvalue weighted by Crippen LogP contribution is 2.25. The van der Waals surface area contributed by atoms with Crippen LogP contribution < -0.4 is 10.6 Å². The van der Waals surface area contributed by atoms with Gasteiger partial charge in [0.2, 0.25) is 0 Å². The monoisotopic (exact) mass is 384 g/mol. The molecule has 4 heterocycles. The maximum absolute atomic E-state index is 12.6. The SMILES string of the molecule is CSc1nc(C)cc(N2CCC(Cn3c(=O)n(C)c4cccnc43)CC2)n1. The zero-order chi connectivity index (χ0) is 19.0. The molecular weight excluding hydrogens is 360 g/mol. The van der Waals surface area contributed by atoms with Crippen LogP contribution in [0, 0.1) is 12.8 Å². The van der Waals surface area contributed by atoms with Crippen LogP contribution in [0.4, 0.5) is 5.82 Å². The van der Waals surface area contributed by atoms with Gasteiger partial charge in [0.05, 0.1) is 5.52 Å². The molecule has 142 valence electrons. The standard InChI is InChI=1S/C19H24N6OS/c1-13-11-16(22-18(21-13)27-3)24-9-6-14(7-10-24)12-25-17-15(5-4-8-20-17)23(2)19(25)26/h4-5,8,11,14H,6-7,9-10,12H2,1-3H3. The fourth-order valence-corrected chi connectivity index (χ4v) is 4.20. The maximum atomic E-state index is 12.6. The predicted octanol–water partition coefficient (Wildman–Crippen LogP) is 2.47. The third kappa shape index (κ3) is 3.45. The third-order valence-corrected chi connectivity index (χ3v) is 5.83. The van der Waals surface area contributed by atoms with Gasteiger partial charge in [0.15, 0.2) is 10.8 Å².